The first-order valence-electron chi connectivity index (χ1n) is 6.41. The Kier molecular flexibility index (Phi) is 5.52. The number of para-hydroxylation sites is 1. The molecule has 0 bridgehead atoms. The van der Waals surface area contributed by atoms with E-state index in [1.807, 2.05) is 41.8 Å². The number of amides is 2. The summed E-state index contributed by atoms with van der Waals surface area (Å²) in [7, 11) is 0. The van der Waals surface area contributed by atoms with E-state index in [0.29, 0.717) is 0 Å². The van der Waals surface area contributed by atoms with Crippen LogP contribution in [0.4, 0.5) is 5.69 Å². The van der Waals surface area contributed by atoms with Gasteiger partial charge in [-0.1, -0.05) is 18.2 Å². The van der Waals surface area contributed by atoms with Gasteiger partial charge in [0.1, 0.15) is 0 Å². The second-order valence-electron chi connectivity index (χ2n) is 4.50. The van der Waals surface area contributed by atoms with Gasteiger partial charge in [0.25, 0.3) is 0 Å². The molecule has 0 aliphatic heterocycles. The summed E-state index contributed by atoms with van der Waals surface area (Å²) in [6.07, 6.45) is 0.196. The lowest BCUT2D eigenvalue weighted by Gasteiger charge is -2.16. The molecule has 6 heteroatoms. The third-order valence-corrected chi connectivity index (χ3v) is 4.48. The molecule has 0 spiro atoms. The monoisotopic (exact) mass is 366 g/mol. The van der Waals surface area contributed by atoms with Gasteiger partial charge in [0.15, 0.2) is 0 Å². The minimum Gasteiger partial charge on any atom is -0.348 e. The quantitative estimate of drug-likeness (QED) is 0.846. The third kappa shape index (κ3) is 4.68. The molecule has 1 heterocycles. The van der Waals surface area contributed by atoms with Gasteiger partial charge in [-0.2, -0.15) is 0 Å². The smallest absolute Gasteiger partial charge is 0.226 e. The topological polar surface area (TPSA) is 58.2 Å². The van der Waals surface area contributed by atoms with Gasteiger partial charge in [-0.25, -0.2) is 0 Å². The van der Waals surface area contributed by atoms with Gasteiger partial charge < -0.3 is 10.6 Å². The van der Waals surface area contributed by atoms with Crippen LogP contribution in [0.5, 0.6) is 0 Å². The lowest BCUT2D eigenvalue weighted by molar-refractivity contribution is -0.120. The maximum atomic E-state index is 12.2. The lowest BCUT2D eigenvalue weighted by Crippen LogP contribution is -2.29. The summed E-state index contributed by atoms with van der Waals surface area (Å²) < 4.78 is 0.825. The summed E-state index contributed by atoms with van der Waals surface area (Å²) in [5, 5.41) is 7.58. The van der Waals surface area contributed by atoms with E-state index in [-0.39, 0.29) is 24.3 Å². The van der Waals surface area contributed by atoms with Crippen molar-refractivity contribution < 1.29 is 9.59 Å². The van der Waals surface area contributed by atoms with Crippen molar-refractivity contribution >= 4 is 44.8 Å². The maximum absolute atomic E-state index is 12.2. The summed E-state index contributed by atoms with van der Waals surface area (Å²) in [5.41, 5.74) is 0.718. The van der Waals surface area contributed by atoms with Gasteiger partial charge in [0.05, 0.1) is 18.2 Å². The summed E-state index contributed by atoms with van der Waals surface area (Å²) in [6, 6.07) is 10.9. The van der Waals surface area contributed by atoms with Crippen molar-refractivity contribution in [3.8, 4) is 0 Å². The highest BCUT2D eigenvalue weighted by Gasteiger charge is 2.18. The summed E-state index contributed by atoms with van der Waals surface area (Å²) in [6.45, 7) is 1.45. The molecule has 2 aromatic rings. The van der Waals surface area contributed by atoms with Gasteiger partial charge in [-0.05, 0) is 39.5 Å². The van der Waals surface area contributed by atoms with Crippen LogP contribution in [0.2, 0.25) is 0 Å². The molecule has 0 aliphatic carbocycles. The van der Waals surface area contributed by atoms with E-state index in [4.69, 9.17) is 0 Å². The van der Waals surface area contributed by atoms with E-state index < -0.39 is 0 Å². The normalized spacial score (nSPS) is 11.7. The van der Waals surface area contributed by atoms with Crippen molar-refractivity contribution in [1.82, 2.24) is 5.32 Å². The molecule has 0 fully saturated rings. The predicted octanol–water partition coefficient (Wildman–Crippen LogP) is 3.72. The van der Waals surface area contributed by atoms with Gasteiger partial charge in [-0.15, -0.1) is 11.3 Å². The van der Waals surface area contributed by atoms with Gasteiger partial charge in [0.2, 0.25) is 11.8 Å². The molecule has 1 atom stereocenters. The zero-order valence-electron chi connectivity index (χ0n) is 11.4. The van der Waals surface area contributed by atoms with Crippen LogP contribution in [0.3, 0.4) is 0 Å². The van der Waals surface area contributed by atoms with Gasteiger partial charge >= 0.3 is 0 Å². The van der Waals surface area contributed by atoms with Crippen LogP contribution in [0.1, 0.15) is 24.3 Å². The largest absolute Gasteiger partial charge is 0.348 e. The van der Waals surface area contributed by atoms with Crippen LogP contribution in [0.25, 0.3) is 0 Å². The number of nitrogens with one attached hydrogen (secondary N) is 2. The Morgan fingerprint density at radius 2 is 2.00 bits per heavy atom. The van der Waals surface area contributed by atoms with Crippen LogP contribution < -0.4 is 10.6 Å². The molecule has 0 radical (unpaired) electrons. The first-order chi connectivity index (χ1) is 10.1. The molecule has 1 aromatic carbocycles. The molecule has 2 N–H and O–H groups in total. The van der Waals surface area contributed by atoms with Gasteiger partial charge in [-0.3, -0.25) is 9.59 Å². The third-order valence-electron chi connectivity index (χ3n) is 2.80. The van der Waals surface area contributed by atoms with Crippen LogP contribution in [-0.2, 0) is 9.59 Å². The number of hydrogen-bond donors (Lipinski definition) is 2. The standard InChI is InChI=1S/C15H15BrN2O2S/c1-10(19)17-13(14-7-4-8-21-14)9-15(20)18-12-6-3-2-5-11(12)16/h2-8,13H,9H2,1H3,(H,17,19)(H,18,20). The van der Waals surface area contributed by atoms with Gasteiger partial charge in [0, 0.05) is 16.3 Å². The Morgan fingerprint density at radius 1 is 1.24 bits per heavy atom. The molecule has 0 saturated carbocycles. The van der Waals surface area contributed by atoms with E-state index in [1.54, 1.807) is 0 Å². The second-order valence-corrected chi connectivity index (χ2v) is 6.33. The van der Waals surface area contributed by atoms with E-state index in [9.17, 15) is 9.59 Å². The summed E-state index contributed by atoms with van der Waals surface area (Å²) >= 11 is 4.91. The van der Waals surface area contributed by atoms with Crippen molar-refractivity contribution in [1.29, 1.82) is 0 Å². The number of carbonyl (C=O) groups is 2. The highest BCUT2D eigenvalue weighted by Crippen LogP contribution is 2.25. The minimum atomic E-state index is -0.301. The Labute approximate surface area is 135 Å². The van der Waals surface area contributed by atoms with E-state index in [0.717, 1.165) is 15.0 Å². The molecular formula is C15H15BrN2O2S. The first-order valence-corrected chi connectivity index (χ1v) is 8.08. The Balaban J connectivity index is 2.05. The SMILES string of the molecule is CC(=O)NC(CC(=O)Nc1ccccc1Br)c1cccs1. The Morgan fingerprint density at radius 3 is 2.62 bits per heavy atom. The zero-order valence-corrected chi connectivity index (χ0v) is 13.8. The molecule has 110 valence electrons. The number of thiophene rings is 1. The number of anilines is 1. The molecule has 21 heavy (non-hydrogen) atoms. The van der Waals surface area contributed by atoms with E-state index in [2.05, 4.69) is 26.6 Å². The van der Waals surface area contributed by atoms with Crippen LogP contribution in [0.15, 0.2) is 46.3 Å². The minimum absolute atomic E-state index is 0.144. The molecule has 1 unspecified atom stereocenters. The first kappa shape index (κ1) is 15.7. The van der Waals surface area contributed by atoms with E-state index >= 15 is 0 Å². The average molecular weight is 367 g/mol. The fraction of sp³-hybridized carbons (Fsp3) is 0.200. The zero-order chi connectivity index (χ0) is 15.2. The number of benzene rings is 1. The van der Waals surface area contributed by atoms with Crippen molar-refractivity contribution in [2.24, 2.45) is 0 Å². The van der Waals surface area contributed by atoms with E-state index in [1.165, 1.54) is 18.3 Å². The molecule has 4 nitrogen and oxygen atoms in total. The molecule has 1 aromatic heterocycles. The van der Waals surface area contributed by atoms with Crippen molar-refractivity contribution in [3.63, 3.8) is 0 Å². The van der Waals surface area contributed by atoms with Crippen LogP contribution >= 0.6 is 27.3 Å². The van der Waals surface area contributed by atoms with Crippen LogP contribution in [-0.4, -0.2) is 11.8 Å². The second kappa shape index (κ2) is 7.38. The average Bonchev–Trinajstić information content (AvgIpc) is 2.94. The highest BCUT2D eigenvalue weighted by atomic mass is 79.9. The number of rotatable bonds is 5. The van der Waals surface area contributed by atoms with Crippen molar-refractivity contribution in [3.05, 3.63) is 51.1 Å². The number of hydrogen-bond acceptors (Lipinski definition) is 3. The summed E-state index contributed by atoms with van der Waals surface area (Å²) in [4.78, 5) is 24.4. The van der Waals surface area contributed by atoms with Crippen LogP contribution in [0, 0.1) is 0 Å². The van der Waals surface area contributed by atoms with Crippen molar-refractivity contribution in [2.45, 2.75) is 19.4 Å². The number of halogens is 1. The molecule has 2 rings (SSSR count). The Hall–Kier alpha value is -1.66. The maximum Gasteiger partial charge on any atom is 0.226 e. The molecular weight excluding hydrogens is 352 g/mol. The number of carbonyl (C=O) groups excluding carboxylic acids is 2. The molecule has 0 aliphatic rings. The fourth-order valence-corrected chi connectivity index (χ4v) is 3.07. The molecule has 0 saturated heterocycles. The fourth-order valence-electron chi connectivity index (χ4n) is 1.91. The molecule has 2 amide bonds. The Bertz CT molecular complexity index is 628. The lowest BCUT2D eigenvalue weighted by atomic mass is 10.1. The highest BCUT2D eigenvalue weighted by molar-refractivity contribution is 9.10. The van der Waals surface area contributed by atoms with Crippen molar-refractivity contribution in [2.75, 3.05) is 5.32 Å². The predicted molar refractivity (Wildman–Crippen MR) is 88.3 cm³/mol. The summed E-state index contributed by atoms with van der Waals surface area (Å²) in [5.74, 6) is -0.295.